The SMILES string of the molecule is O=C(O)c1ccc(CNC(=O)N2CCC(COc3ccccc3)C2)cc1. The van der Waals surface area contributed by atoms with E-state index in [1.54, 1.807) is 17.0 Å². The molecule has 3 rings (SSSR count). The van der Waals surface area contributed by atoms with Crippen LogP contribution in [0.5, 0.6) is 5.75 Å². The molecule has 1 unspecified atom stereocenters. The van der Waals surface area contributed by atoms with Crippen molar-refractivity contribution in [2.45, 2.75) is 13.0 Å². The first-order chi connectivity index (χ1) is 12.6. The minimum Gasteiger partial charge on any atom is -0.493 e. The number of amides is 2. The third kappa shape index (κ3) is 4.75. The molecule has 2 aromatic rings. The maximum absolute atomic E-state index is 12.3. The minimum absolute atomic E-state index is 0.102. The highest BCUT2D eigenvalue weighted by atomic mass is 16.5. The first-order valence-corrected chi connectivity index (χ1v) is 8.64. The van der Waals surface area contributed by atoms with Crippen molar-refractivity contribution < 1.29 is 19.4 Å². The molecule has 0 bridgehead atoms. The Labute approximate surface area is 152 Å². The maximum Gasteiger partial charge on any atom is 0.335 e. The fraction of sp³-hybridized carbons (Fsp3) is 0.300. The van der Waals surface area contributed by atoms with Crippen LogP contribution < -0.4 is 10.1 Å². The molecule has 6 nitrogen and oxygen atoms in total. The van der Waals surface area contributed by atoms with Gasteiger partial charge in [0.2, 0.25) is 0 Å². The monoisotopic (exact) mass is 354 g/mol. The number of nitrogens with one attached hydrogen (secondary N) is 1. The van der Waals surface area contributed by atoms with Crippen LogP contribution in [0.15, 0.2) is 54.6 Å². The van der Waals surface area contributed by atoms with E-state index in [9.17, 15) is 9.59 Å². The van der Waals surface area contributed by atoms with Gasteiger partial charge in [-0.15, -0.1) is 0 Å². The number of urea groups is 1. The molecule has 1 aliphatic rings. The molecule has 1 atom stereocenters. The number of carbonyl (C=O) groups excluding carboxylic acids is 1. The predicted octanol–water partition coefficient (Wildman–Crippen LogP) is 3.00. The third-order valence-electron chi connectivity index (χ3n) is 4.45. The van der Waals surface area contributed by atoms with Crippen LogP contribution in [0, 0.1) is 5.92 Å². The summed E-state index contributed by atoms with van der Waals surface area (Å²) in [5, 5.41) is 11.8. The van der Waals surface area contributed by atoms with Crippen LogP contribution in [0.25, 0.3) is 0 Å². The van der Waals surface area contributed by atoms with E-state index in [1.807, 2.05) is 30.3 Å². The van der Waals surface area contributed by atoms with E-state index in [-0.39, 0.29) is 11.6 Å². The highest BCUT2D eigenvalue weighted by molar-refractivity contribution is 5.87. The zero-order valence-corrected chi connectivity index (χ0v) is 14.4. The number of ether oxygens (including phenoxy) is 1. The second-order valence-corrected chi connectivity index (χ2v) is 6.39. The summed E-state index contributed by atoms with van der Waals surface area (Å²) < 4.78 is 5.77. The highest BCUT2D eigenvalue weighted by Crippen LogP contribution is 2.18. The molecule has 1 aliphatic heterocycles. The molecule has 2 amide bonds. The van der Waals surface area contributed by atoms with Gasteiger partial charge in [0, 0.05) is 25.6 Å². The average molecular weight is 354 g/mol. The van der Waals surface area contributed by atoms with Gasteiger partial charge < -0.3 is 20.1 Å². The average Bonchev–Trinajstić information content (AvgIpc) is 3.15. The zero-order chi connectivity index (χ0) is 18.4. The molecule has 2 N–H and O–H groups in total. The molecule has 26 heavy (non-hydrogen) atoms. The summed E-state index contributed by atoms with van der Waals surface area (Å²) in [6, 6.07) is 16.1. The van der Waals surface area contributed by atoms with Crippen LogP contribution in [-0.2, 0) is 6.54 Å². The van der Waals surface area contributed by atoms with E-state index in [2.05, 4.69) is 5.32 Å². The van der Waals surface area contributed by atoms with Gasteiger partial charge in [0.05, 0.1) is 12.2 Å². The molecule has 2 aromatic carbocycles. The molecule has 0 spiro atoms. The van der Waals surface area contributed by atoms with Crippen molar-refractivity contribution in [3.05, 3.63) is 65.7 Å². The minimum atomic E-state index is -0.957. The van der Waals surface area contributed by atoms with E-state index in [1.165, 1.54) is 12.1 Å². The predicted molar refractivity (Wildman–Crippen MR) is 97.3 cm³/mol. The van der Waals surface area contributed by atoms with Crippen LogP contribution in [0.4, 0.5) is 4.79 Å². The van der Waals surface area contributed by atoms with Gasteiger partial charge in [-0.25, -0.2) is 9.59 Å². The number of carboxylic acids is 1. The summed E-state index contributed by atoms with van der Waals surface area (Å²) in [5.74, 6) is 0.220. The van der Waals surface area contributed by atoms with Crippen LogP contribution in [0.2, 0.25) is 0 Å². The number of rotatable bonds is 6. The largest absolute Gasteiger partial charge is 0.493 e. The second-order valence-electron chi connectivity index (χ2n) is 6.39. The van der Waals surface area contributed by atoms with Crippen LogP contribution >= 0.6 is 0 Å². The Balaban J connectivity index is 1.42. The first kappa shape index (κ1) is 17.8. The molecular formula is C20H22N2O4. The zero-order valence-electron chi connectivity index (χ0n) is 14.4. The topological polar surface area (TPSA) is 78.9 Å². The van der Waals surface area contributed by atoms with Crippen molar-refractivity contribution in [3.8, 4) is 5.75 Å². The van der Waals surface area contributed by atoms with Gasteiger partial charge >= 0.3 is 12.0 Å². The Morgan fingerprint density at radius 2 is 1.85 bits per heavy atom. The molecule has 1 heterocycles. The number of para-hydroxylation sites is 1. The van der Waals surface area contributed by atoms with Gasteiger partial charge in [0.15, 0.2) is 0 Å². The summed E-state index contributed by atoms with van der Waals surface area (Å²) in [7, 11) is 0. The van der Waals surface area contributed by atoms with Crippen molar-refractivity contribution in [2.24, 2.45) is 5.92 Å². The van der Waals surface area contributed by atoms with Gasteiger partial charge in [-0.05, 0) is 36.2 Å². The number of nitrogens with zero attached hydrogens (tertiary/aromatic N) is 1. The fourth-order valence-electron chi connectivity index (χ4n) is 2.94. The van der Waals surface area contributed by atoms with E-state index < -0.39 is 5.97 Å². The second kappa shape index (κ2) is 8.38. The maximum atomic E-state index is 12.3. The molecule has 0 aromatic heterocycles. The van der Waals surface area contributed by atoms with Gasteiger partial charge in [-0.2, -0.15) is 0 Å². The lowest BCUT2D eigenvalue weighted by molar-refractivity contribution is 0.0697. The van der Waals surface area contributed by atoms with Crippen LogP contribution in [-0.4, -0.2) is 41.7 Å². The Hall–Kier alpha value is -3.02. The lowest BCUT2D eigenvalue weighted by Gasteiger charge is -2.18. The number of hydrogen-bond acceptors (Lipinski definition) is 3. The Morgan fingerprint density at radius 1 is 1.12 bits per heavy atom. The Bertz CT molecular complexity index is 746. The molecule has 0 radical (unpaired) electrons. The number of carbonyl (C=O) groups is 2. The van der Waals surface area contributed by atoms with Gasteiger partial charge in [-0.1, -0.05) is 30.3 Å². The van der Waals surface area contributed by atoms with Crippen LogP contribution in [0.1, 0.15) is 22.3 Å². The van der Waals surface area contributed by atoms with Gasteiger partial charge in [0.1, 0.15) is 5.75 Å². The summed E-state index contributed by atoms with van der Waals surface area (Å²) in [4.78, 5) is 24.9. The molecule has 6 heteroatoms. The van der Waals surface area contributed by atoms with Gasteiger partial charge in [-0.3, -0.25) is 0 Å². The standard InChI is InChI=1S/C20H22N2O4/c23-19(24)17-8-6-15(7-9-17)12-21-20(25)22-11-10-16(13-22)14-26-18-4-2-1-3-5-18/h1-9,16H,10-14H2,(H,21,25)(H,23,24). The summed E-state index contributed by atoms with van der Waals surface area (Å²) in [5.41, 5.74) is 1.10. The highest BCUT2D eigenvalue weighted by Gasteiger charge is 2.26. The normalized spacial score (nSPS) is 16.3. The van der Waals surface area contributed by atoms with E-state index in [0.29, 0.717) is 32.2 Å². The van der Waals surface area contributed by atoms with Crippen LogP contribution in [0.3, 0.4) is 0 Å². The Morgan fingerprint density at radius 3 is 2.54 bits per heavy atom. The molecule has 0 aliphatic carbocycles. The third-order valence-corrected chi connectivity index (χ3v) is 4.45. The van der Waals surface area contributed by atoms with E-state index in [0.717, 1.165) is 17.7 Å². The van der Waals surface area contributed by atoms with Crippen molar-refractivity contribution in [1.82, 2.24) is 10.2 Å². The molecule has 1 saturated heterocycles. The van der Waals surface area contributed by atoms with Gasteiger partial charge in [0.25, 0.3) is 0 Å². The summed E-state index contributed by atoms with van der Waals surface area (Å²) in [6.45, 7) is 2.37. The molecule has 136 valence electrons. The first-order valence-electron chi connectivity index (χ1n) is 8.64. The lowest BCUT2D eigenvalue weighted by Crippen LogP contribution is -2.38. The number of aromatic carboxylic acids is 1. The van der Waals surface area contributed by atoms with Crippen molar-refractivity contribution in [2.75, 3.05) is 19.7 Å². The molecule has 1 fully saturated rings. The number of carboxylic acid groups (broad SMARTS) is 1. The number of hydrogen-bond donors (Lipinski definition) is 2. The lowest BCUT2D eigenvalue weighted by atomic mass is 10.1. The molecule has 0 saturated carbocycles. The fourth-order valence-corrected chi connectivity index (χ4v) is 2.94. The molecular weight excluding hydrogens is 332 g/mol. The number of benzene rings is 2. The smallest absolute Gasteiger partial charge is 0.335 e. The van der Waals surface area contributed by atoms with Crippen molar-refractivity contribution in [1.29, 1.82) is 0 Å². The summed E-state index contributed by atoms with van der Waals surface area (Å²) in [6.07, 6.45) is 0.924. The van der Waals surface area contributed by atoms with Crippen molar-refractivity contribution in [3.63, 3.8) is 0 Å². The quantitative estimate of drug-likeness (QED) is 0.836. The van der Waals surface area contributed by atoms with E-state index >= 15 is 0 Å². The summed E-state index contributed by atoms with van der Waals surface area (Å²) >= 11 is 0. The Kier molecular flexibility index (Phi) is 5.73. The van der Waals surface area contributed by atoms with E-state index in [4.69, 9.17) is 9.84 Å². The van der Waals surface area contributed by atoms with Crippen molar-refractivity contribution >= 4 is 12.0 Å². The number of likely N-dealkylation sites (tertiary alicyclic amines) is 1.